The number of hydrogen-bond acceptors (Lipinski definition) is 5. The summed E-state index contributed by atoms with van der Waals surface area (Å²) in [5.74, 6) is -4.21. The van der Waals surface area contributed by atoms with Gasteiger partial charge >= 0.3 is 0 Å². The zero-order valence-electron chi connectivity index (χ0n) is 17.8. The molecule has 0 saturated carbocycles. The number of halogens is 1. The highest BCUT2D eigenvalue weighted by molar-refractivity contribution is 14.1. The molecule has 0 radical (unpaired) electrons. The second-order valence-electron chi connectivity index (χ2n) is 8.78. The number of fused-ring (bicyclic) bond motifs is 3. The molecule has 0 aromatic heterocycles. The van der Waals surface area contributed by atoms with Crippen LogP contribution in [-0.2, 0) is 20.9 Å². The number of hydrogen-bond donors (Lipinski definition) is 0. The number of nitrogens with zero attached hydrogens (tertiary/aromatic N) is 1. The third-order valence-corrected chi connectivity index (χ3v) is 7.71. The molecule has 34 heavy (non-hydrogen) atoms. The molecule has 2 heterocycles. The van der Waals surface area contributed by atoms with E-state index in [1.165, 1.54) is 4.90 Å². The van der Waals surface area contributed by atoms with Crippen LogP contribution in [0.4, 0.5) is 0 Å². The van der Waals surface area contributed by atoms with Crippen molar-refractivity contribution in [3.05, 3.63) is 105 Å². The maximum absolute atomic E-state index is 13.8. The molecule has 2 amide bonds. The molecule has 2 aliphatic heterocycles. The summed E-state index contributed by atoms with van der Waals surface area (Å²) in [6.07, 6.45) is -0.888. The molecule has 2 saturated heterocycles. The fourth-order valence-corrected chi connectivity index (χ4v) is 5.81. The number of Topliss-reactive ketones (excluding diaryl/α,β-unsaturated/α-hetero) is 2. The summed E-state index contributed by atoms with van der Waals surface area (Å²) >= 11 is 2.17. The summed E-state index contributed by atoms with van der Waals surface area (Å²) in [7, 11) is 0. The van der Waals surface area contributed by atoms with E-state index in [1.54, 1.807) is 24.3 Å². The summed E-state index contributed by atoms with van der Waals surface area (Å²) in [5.41, 5.74) is -0.114. The summed E-state index contributed by atoms with van der Waals surface area (Å²) in [6, 6.07) is 23.1. The van der Waals surface area contributed by atoms with Crippen LogP contribution in [-0.4, -0.2) is 33.9 Å². The molecule has 3 aliphatic rings. The topological polar surface area (TPSA) is 80.8 Å². The Bertz CT molecular complexity index is 1330. The van der Waals surface area contributed by atoms with Gasteiger partial charge in [0.05, 0.1) is 24.5 Å². The molecule has 3 atom stereocenters. The Labute approximate surface area is 209 Å². The van der Waals surface area contributed by atoms with E-state index in [9.17, 15) is 19.2 Å². The largest absolute Gasteiger partial charge is 0.349 e. The lowest BCUT2D eigenvalue weighted by Gasteiger charge is -2.27. The molecular weight excluding hydrogens is 545 g/mol. The van der Waals surface area contributed by atoms with E-state index in [0.717, 1.165) is 9.13 Å². The van der Waals surface area contributed by atoms with Crippen molar-refractivity contribution in [3.8, 4) is 0 Å². The maximum atomic E-state index is 13.8. The molecule has 3 aromatic rings. The van der Waals surface area contributed by atoms with E-state index in [2.05, 4.69) is 22.6 Å². The van der Waals surface area contributed by atoms with Crippen LogP contribution in [0.15, 0.2) is 78.9 Å². The highest BCUT2D eigenvalue weighted by Gasteiger charge is 2.74. The van der Waals surface area contributed by atoms with Gasteiger partial charge in [0.25, 0.3) is 0 Å². The van der Waals surface area contributed by atoms with E-state index in [0.29, 0.717) is 5.56 Å². The van der Waals surface area contributed by atoms with Gasteiger partial charge in [-0.25, -0.2) is 0 Å². The molecule has 1 spiro atoms. The third kappa shape index (κ3) is 2.83. The molecule has 168 valence electrons. The van der Waals surface area contributed by atoms with Crippen molar-refractivity contribution < 1.29 is 23.9 Å². The van der Waals surface area contributed by atoms with Gasteiger partial charge in [0.15, 0.2) is 0 Å². The van der Waals surface area contributed by atoms with Gasteiger partial charge in [-0.2, -0.15) is 0 Å². The molecule has 0 bridgehead atoms. The maximum Gasteiger partial charge on any atom is 0.237 e. The van der Waals surface area contributed by atoms with Crippen molar-refractivity contribution in [1.29, 1.82) is 0 Å². The first kappa shape index (κ1) is 21.4. The van der Waals surface area contributed by atoms with Crippen LogP contribution in [0, 0.1) is 15.4 Å². The van der Waals surface area contributed by atoms with Crippen LogP contribution in [0.1, 0.15) is 37.9 Å². The first-order valence-corrected chi connectivity index (χ1v) is 12.0. The Kier molecular flexibility index (Phi) is 4.82. The van der Waals surface area contributed by atoms with Gasteiger partial charge < -0.3 is 4.74 Å². The lowest BCUT2D eigenvalue weighted by atomic mass is 9.77. The fourth-order valence-electron chi connectivity index (χ4n) is 5.45. The molecule has 6 nitrogen and oxygen atoms in total. The Morgan fingerprint density at radius 3 is 1.97 bits per heavy atom. The molecule has 3 aromatic carbocycles. The molecule has 2 fully saturated rings. The number of carbonyl (C=O) groups excluding carboxylic acids is 4. The van der Waals surface area contributed by atoms with Crippen LogP contribution in [0.3, 0.4) is 0 Å². The van der Waals surface area contributed by atoms with Gasteiger partial charge in [0.1, 0.15) is 0 Å². The molecule has 0 unspecified atom stereocenters. The monoisotopic (exact) mass is 563 g/mol. The minimum atomic E-state index is -2.03. The Morgan fingerprint density at radius 2 is 1.35 bits per heavy atom. The Hall–Kier alpha value is -3.17. The molecule has 1 aliphatic carbocycles. The predicted molar refractivity (Wildman–Crippen MR) is 130 cm³/mol. The van der Waals surface area contributed by atoms with Gasteiger partial charge in [-0.1, -0.05) is 66.7 Å². The van der Waals surface area contributed by atoms with Crippen molar-refractivity contribution in [1.82, 2.24) is 4.90 Å². The zero-order valence-corrected chi connectivity index (χ0v) is 20.0. The number of ketones is 2. The Morgan fingerprint density at radius 1 is 0.765 bits per heavy atom. The Balaban J connectivity index is 1.49. The zero-order chi connectivity index (χ0) is 23.6. The van der Waals surface area contributed by atoms with E-state index in [-0.39, 0.29) is 17.7 Å². The van der Waals surface area contributed by atoms with Crippen LogP contribution < -0.4 is 0 Å². The van der Waals surface area contributed by atoms with Gasteiger partial charge in [-0.05, 0) is 45.9 Å². The molecule has 0 N–H and O–H groups in total. The number of carbonyl (C=O) groups is 4. The summed E-state index contributed by atoms with van der Waals surface area (Å²) in [6.45, 7) is 0.0797. The van der Waals surface area contributed by atoms with E-state index >= 15 is 0 Å². The van der Waals surface area contributed by atoms with Crippen molar-refractivity contribution in [3.63, 3.8) is 0 Å². The first-order chi connectivity index (χ1) is 16.4. The summed E-state index contributed by atoms with van der Waals surface area (Å²) in [5, 5.41) is 0. The average Bonchev–Trinajstić information content (AvgIpc) is 3.41. The quantitative estimate of drug-likeness (QED) is 0.274. The SMILES string of the molecule is O=C1[C@H]2[C@H](c3ccc(I)cc3)OC3(C(=O)c4ccccc4C3=O)[C@H]2C(=O)N1Cc1ccccc1. The van der Waals surface area contributed by atoms with Gasteiger partial charge in [0, 0.05) is 14.7 Å². The van der Waals surface area contributed by atoms with Crippen LogP contribution >= 0.6 is 22.6 Å². The summed E-state index contributed by atoms with van der Waals surface area (Å²) < 4.78 is 7.27. The van der Waals surface area contributed by atoms with E-state index in [1.807, 2.05) is 54.6 Å². The summed E-state index contributed by atoms with van der Waals surface area (Å²) in [4.78, 5) is 56.0. The highest BCUT2D eigenvalue weighted by atomic mass is 127. The standard InChI is InChI=1S/C27H18INO5/c28-17-12-10-16(11-13-17)22-20-21(26(33)29(25(20)32)14-15-6-2-1-3-7-15)27(34-22)23(30)18-8-4-5-9-19(18)24(27)31/h1-13,20-22H,14H2/t20-,21-,22+/m1/s1. The number of likely N-dealkylation sites (tertiary alicyclic amines) is 1. The predicted octanol–water partition coefficient (Wildman–Crippen LogP) is 3.98. The third-order valence-electron chi connectivity index (χ3n) is 6.99. The highest BCUT2D eigenvalue weighted by Crippen LogP contribution is 2.57. The minimum absolute atomic E-state index is 0.0797. The van der Waals surface area contributed by atoms with Gasteiger partial charge in [0.2, 0.25) is 29.0 Å². The number of imide groups is 1. The fraction of sp³-hybridized carbons (Fsp3) is 0.185. The smallest absolute Gasteiger partial charge is 0.237 e. The van der Waals surface area contributed by atoms with Crippen LogP contribution in [0.25, 0.3) is 0 Å². The molecule has 7 heteroatoms. The second-order valence-corrected chi connectivity index (χ2v) is 10.0. The van der Waals surface area contributed by atoms with Crippen LogP contribution in [0.2, 0.25) is 0 Å². The van der Waals surface area contributed by atoms with Crippen LogP contribution in [0.5, 0.6) is 0 Å². The van der Waals surface area contributed by atoms with Crippen molar-refractivity contribution >= 4 is 46.0 Å². The molecule has 6 rings (SSSR count). The van der Waals surface area contributed by atoms with Gasteiger partial charge in [-0.3, -0.25) is 24.1 Å². The average molecular weight is 563 g/mol. The lowest BCUT2D eigenvalue weighted by molar-refractivity contribution is -0.145. The first-order valence-electron chi connectivity index (χ1n) is 10.9. The van der Waals surface area contributed by atoms with Gasteiger partial charge in [-0.15, -0.1) is 0 Å². The minimum Gasteiger partial charge on any atom is -0.349 e. The van der Waals surface area contributed by atoms with E-state index < -0.39 is 46.9 Å². The lowest BCUT2D eigenvalue weighted by Crippen LogP contribution is -2.50. The number of benzene rings is 3. The molecular formula is C27H18INO5. The van der Waals surface area contributed by atoms with Crippen molar-refractivity contribution in [2.75, 3.05) is 0 Å². The number of ether oxygens (including phenoxy) is 1. The van der Waals surface area contributed by atoms with Crippen molar-refractivity contribution in [2.45, 2.75) is 18.2 Å². The van der Waals surface area contributed by atoms with Crippen molar-refractivity contribution in [2.24, 2.45) is 11.8 Å². The second kappa shape index (κ2) is 7.68. The van der Waals surface area contributed by atoms with E-state index in [4.69, 9.17) is 4.74 Å². The number of amides is 2. The normalized spacial score (nSPS) is 24.7. The number of rotatable bonds is 3.